The molecule has 1 aromatic rings. The van der Waals surface area contributed by atoms with E-state index in [1.165, 1.54) is 18.2 Å². The molecule has 0 N–H and O–H groups in total. The number of nitrogens with zero attached hydrogens (tertiary/aromatic N) is 2. The van der Waals surface area contributed by atoms with Gasteiger partial charge in [-0.1, -0.05) is 29.8 Å². The Hall–Kier alpha value is -2.35. The number of aryl methyl sites for hydroxylation is 1. The molecule has 6 rings (SSSR count). The lowest BCUT2D eigenvalue weighted by Crippen LogP contribution is -2.49. The molecule has 6 atom stereocenters. The minimum absolute atomic E-state index is 0.0490. The Morgan fingerprint density at radius 1 is 1.13 bits per heavy atom. The minimum Gasteiger partial charge on any atom is -0.286 e. The molecule has 2 bridgehead atoms. The van der Waals surface area contributed by atoms with Crippen molar-refractivity contribution in [2.24, 2.45) is 35.5 Å². The molecule has 0 aromatic heterocycles. The average Bonchev–Trinajstić information content (AvgIpc) is 3.47. The first-order valence-electron chi connectivity index (χ1n) is 9.78. The molecule has 3 fully saturated rings. The predicted octanol–water partition coefficient (Wildman–Crippen LogP) is 3.55. The van der Waals surface area contributed by atoms with Gasteiger partial charge in [-0.25, -0.2) is 0 Å². The number of carbonyl (C=O) groups excluding carboxylic acids is 3. The summed E-state index contributed by atoms with van der Waals surface area (Å²) in [5.41, 5.74) is 0.508. The number of anilines is 1. The van der Waals surface area contributed by atoms with E-state index in [9.17, 15) is 27.6 Å². The van der Waals surface area contributed by atoms with Crippen molar-refractivity contribution < 1.29 is 27.6 Å². The van der Waals surface area contributed by atoms with E-state index in [-0.39, 0.29) is 22.5 Å². The molecule has 0 spiro atoms. The third kappa shape index (κ3) is 2.72. The lowest BCUT2D eigenvalue weighted by atomic mass is 9.63. The summed E-state index contributed by atoms with van der Waals surface area (Å²) >= 11 is 6.04. The molecule has 1 aromatic carbocycles. The van der Waals surface area contributed by atoms with Crippen molar-refractivity contribution in [2.45, 2.75) is 19.5 Å². The van der Waals surface area contributed by atoms with Crippen molar-refractivity contribution in [3.63, 3.8) is 0 Å². The Bertz CT molecular complexity index is 972. The van der Waals surface area contributed by atoms with Crippen molar-refractivity contribution in [1.82, 2.24) is 4.90 Å². The normalized spacial score (nSPS) is 33.6. The molecule has 30 heavy (non-hydrogen) atoms. The number of halogens is 4. The van der Waals surface area contributed by atoms with Crippen molar-refractivity contribution >= 4 is 35.0 Å². The van der Waals surface area contributed by atoms with Crippen LogP contribution in [0.5, 0.6) is 0 Å². The number of hydrogen-bond acceptors (Lipinski definition) is 3. The highest BCUT2D eigenvalue weighted by Gasteiger charge is 2.67. The van der Waals surface area contributed by atoms with Crippen LogP contribution in [0, 0.1) is 42.4 Å². The fourth-order valence-corrected chi connectivity index (χ4v) is 5.64. The van der Waals surface area contributed by atoms with E-state index in [1.807, 2.05) is 12.2 Å². The van der Waals surface area contributed by atoms with E-state index in [0.717, 1.165) is 11.3 Å². The maximum atomic E-state index is 13.3. The number of carbonyl (C=O) groups is 3. The second kappa shape index (κ2) is 6.33. The Morgan fingerprint density at radius 2 is 1.70 bits per heavy atom. The van der Waals surface area contributed by atoms with E-state index in [1.54, 1.807) is 6.92 Å². The van der Waals surface area contributed by atoms with Gasteiger partial charge >= 0.3 is 12.1 Å². The summed E-state index contributed by atoms with van der Waals surface area (Å²) in [6, 6.07) is 4.04. The monoisotopic (exact) mass is 438 g/mol. The summed E-state index contributed by atoms with van der Waals surface area (Å²) in [7, 11) is 0. The lowest BCUT2D eigenvalue weighted by Gasteiger charge is -2.37. The Kier molecular flexibility index (Phi) is 4.13. The van der Waals surface area contributed by atoms with Crippen LogP contribution < -0.4 is 4.90 Å². The van der Waals surface area contributed by atoms with E-state index >= 15 is 0 Å². The molecule has 5 aliphatic rings. The third-order valence-electron chi connectivity index (χ3n) is 6.99. The van der Waals surface area contributed by atoms with E-state index in [0.29, 0.717) is 22.3 Å². The molecular weight excluding hydrogens is 421 g/mol. The highest BCUT2D eigenvalue weighted by Crippen LogP contribution is 2.65. The predicted molar refractivity (Wildman–Crippen MR) is 101 cm³/mol. The van der Waals surface area contributed by atoms with Crippen molar-refractivity contribution in [3.05, 3.63) is 40.9 Å². The first-order chi connectivity index (χ1) is 14.1. The quantitative estimate of drug-likeness (QED) is 0.535. The third-order valence-corrected chi connectivity index (χ3v) is 7.40. The van der Waals surface area contributed by atoms with Gasteiger partial charge in [-0.2, -0.15) is 13.2 Å². The Morgan fingerprint density at radius 3 is 2.20 bits per heavy atom. The van der Waals surface area contributed by atoms with Crippen molar-refractivity contribution in [2.75, 3.05) is 11.6 Å². The summed E-state index contributed by atoms with van der Waals surface area (Å²) < 4.78 is 39.9. The number of benzene rings is 1. The molecular formula is C21H18ClF3N2O3. The number of likely N-dealkylation sites (tertiary alicyclic amines) is 1. The fourth-order valence-electron chi connectivity index (χ4n) is 5.47. The number of hydrogen-bond donors (Lipinski definition) is 0. The molecule has 0 radical (unpaired) electrons. The zero-order valence-corrected chi connectivity index (χ0v) is 16.7. The van der Waals surface area contributed by atoms with Crippen LogP contribution >= 0.6 is 11.6 Å². The number of imide groups is 1. The Labute approximate surface area is 175 Å². The minimum atomic E-state index is -5.17. The van der Waals surface area contributed by atoms with Crippen LogP contribution in [0.2, 0.25) is 5.02 Å². The van der Waals surface area contributed by atoms with E-state index in [4.69, 9.17) is 11.6 Å². The largest absolute Gasteiger partial charge is 0.471 e. The average molecular weight is 439 g/mol. The molecule has 1 saturated heterocycles. The maximum absolute atomic E-state index is 13.3. The molecule has 3 amide bonds. The molecule has 5 nitrogen and oxygen atoms in total. The summed E-state index contributed by atoms with van der Waals surface area (Å²) in [5.74, 6) is -3.56. The van der Waals surface area contributed by atoms with Crippen LogP contribution in [0.15, 0.2) is 30.4 Å². The van der Waals surface area contributed by atoms with Crippen LogP contribution in [0.1, 0.15) is 12.0 Å². The van der Waals surface area contributed by atoms with Gasteiger partial charge in [-0.05, 0) is 54.7 Å². The molecule has 1 heterocycles. The molecule has 9 heteroatoms. The number of alkyl halides is 3. The number of allylic oxidation sites excluding steroid dienone is 2. The van der Waals surface area contributed by atoms with Gasteiger partial charge in [0.05, 0.1) is 11.8 Å². The van der Waals surface area contributed by atoms with Gasteiger partial charge in [-0.3, -0.25) is 24.2 Å². The second-order valence-electron chi connectivity index (χ2n) is 8.56. The zero-order valence-electron chi connectivity index (χ0n) is 15.9. The smallest absolute Gasteiger partial charge is 0.286 e. The molecule has 158 valence electrons. The van der Waals surface area contributed by atoms with Gasteiger partial charge in [0.15, 0.2) is 0 Å². The topological polar surface area (TPSA) is 57.7 Å². The van der Waals surface area contributed by atoms with Crippen LogP contribution in [-0.4, -0.2) is 35.5 Å². The summed E-state index contributed by atoms with van der Waals surface area (Å²) in [5, 5.41) is 0.183. The number of rotatable bonds is 3. The first-order valence-corrected chi connectivity index (χ1v) is 10.2. The molecule has 0 unspecified atom stereocenters. The van der Waals surface area contributed by atoms with Gasteiger partial charge in [0.25, 0.3) is 0 Å². The highest BCUT2D eigenvalue weighted by molar-refractivity contribution is 6.31. The van der Waals surface area contributed by atoms with Crippen LogP contribution in [0.3, 0.4) is 0 Å². The van der Waals surface area contributed by atoms with E-state index < -0.39 is 42.4 Å². The molecule has 2 saturated carbocycles. The van der Waals surface area contributed by atoms with E-state index in [2.05, 4.69) is 0 Å². The highest BCUT2D eigenvalue weighted by atomic mass is 35.5. The molecule has 4 aliphatic carbocycles. The SMILES string of the molecule is Cc1ccc(N(CN2C(=O)[C@H]3[C@@H]4C=C[C@@H]([C@H]5C[C@H]45)[C@@H]3C2=O)C(=O)C(F)(F)F)cc1Cl. The first kappa shape index (κ1) is 19.6. The van der Waals surface area contributed by atoms with Gasteiger partial charge in [-0.15, -0.1) is 0 Å². The number of amides is 3. The van der Waals surface area contributed by atoms with Crippen LogP contribution in [-0.2, 0) is 14.4 Å². The second-order valence-corrected chi connectivity index (χ2v) is 8.97. The van der Waals surface area contributed by atoms with Gasteiger partial charge < -0.3 is 0 Å². The maximum Gasteiger partial charge on any atom is 0.471 e. The van der Waals surface area contributed by atoms with Crippen LogP contribution in [0.25, 0.3) is 0 Å². The van der Waals surface area contributed by atoms with Gasteiger partial charge in [0, 0.05) is 10.7 Å². The van der Waals surface area contributed by atoms with Gasteiger partial charge in [0.1, 0.15) is 6.67 Å². The summed E-state index contributed by atoms with van der Waals surface area (Å²) in [6.07, 6.45) is -0.227. The lowest BCUT2D eigenvalue weighted by molar-refractivity contribution is -0.171. The molecule has 1 aliphatic heterocycles. The van der Waals surface area contributed by atoms with Crippen molar-refractivity contribution in [1.29, 1.82) is 0 Å². The van der Waals surface area contributed by atoms with Crippen LogP contribution in [0.4, 0.5) is 18.9 Å². The van der Waals surface area contributed by atoms with Crippen molar-refractivity contribution in [3.8, 4) is 0 Å². The summed E-state index contributed by atoms with van der Waals surface area (Å²) in [4.78, 5) is 39.6. The summed E-state index contributed by atoms with van der Waals surface area (Å²) in [6.45, 7) is 0.894. The standard InChI is InChI=1S/C21H18ClF3N2O3/c1-9-2-3-10(6-15(9)22)26(20(30)21(23,24)25)8-27-18(28)16-11-4-5-12(14-7-13(11)14)17(16)19(27)29/h2-6,11-14,16-17H,7-8H2,1H3/t11-,12+,13-,14-,16+,17+/m1/s1. The van der Waals surface area contributed by atoms with Gasteiger partial charge in [0.2, 0.25) is 11.8 Å². The fraction of sp³-hybridized carbons (Fsp3) is 0.476. The Balaban J connectivity index is 1.48. The zero-order chi connectivity index (χ0) is 21.5.